The standard InChI is InChI=1S/C25H28N4O2.ClH/c1-16-14-27-21-10-6-5-9-19(21)20(16)15-29-23-11-7-4-8-18(23)12-13-22(25(29)31)28-24(30)17(2)26-3;/h4-11,14,17,22,26H,12-13,15H2,1-3H3,(H,28,30);1H/t17-,22-;/m0./s1. The molecule has 0 aliphatic carbocycles. The highest BCUT2D eigenvalue weighted by Gasteiger charge is 2.32. The number of nitrogens with one attached hydrogen (secondary N) is 2. The Morgan fingerprint density at radius 1 is 1.19 bits per heavy atom. The number of pyridine rings is 1. The first kappa shape index (κ1) is 23.7. The van der Waals surface area contributed by atoms with Gasteiger partial charge in [0.15, 0.2) is 0 Å². The van der Waals surface area contributed by atoms with Crippen LogP contribution in [0.3, 0.4) is 0 Å². The number of fused-ring (bicyclic) bond motifs is 2. The molecule has 2 aromatic carbocycles. The second kappa shape index (κ2) is 10.1. The van der Waals surface area contributed by atoms with Gasteiger partial charge in [-0.1, -0.05) is 36.4 Å². The molecule has 0 spiro atoms. The number of benzene rings is 2. The second-order valence-electron chi connectivity index (χ2n) is 8.10. The van der Waals surface area contributed by atoms with Crippen LogP contribution in [0.15, 0.2) is 54.7 Å². The molecule has 0 unspecified atom stereocenters. The molecule has 2 N–H and O–H groups in total. The predicted octanol–water partition coefficient (Wildman–Crippen LogP) is 3.54. The summed E-state index contributed by atoms with van der Waals surface area (Å²) < 4.78 is 0. The molecule has 1 aliphatic heterocycles. The van der Waals surface area contributed by atoms with Gasteiger partial charge in [-0.3, -0.25) is 14.6 Å². The van der Waals surface area contributed by atoms with E-state index in [-0.39, 0.29) is 30.3 Å². The van der Waals surface area contributed by atoms with Crippen molar-refractivity contribution in [2.45, 2.75) is 45.3 Å². The van der Waals surface area contributed by atoms with Gasteiger partial charge in [-0.25, -0.2) is 0 Å². The van der Waals surface area contributed by atoms with Crippen LogP contribution in [0.25, 0.3) is 10.9 Å². The van der Waals surface area contributed by atoms with E-state index in [4.69, 9.17) is 0 Å². The maximum absolute atomic E-state index is 13.7. The molecule has 2 atom stereocenters. The third kappa shape index (κ3) is 4.61. The van der Waals surface area contributed by atoms with Gasteiger partial charge in [0.1, 0.15) is 6.04 Å². The van der Waals surface area contributed by atoms with E-state index >= 15 is 0 Å². The van der Waals surface area contributed by atoms with Crippen molar-refractivity contribution in [1.29, 1.82) is 0 Å². The minimum Gasteiger partial charge on any atom is -0.343 e. The first-order valence-corrected chi connectivity index (χ1v) is 10.7. The van der Waals surface area contributed by atoms with Crippen LogP contribution in [-0.2, 0) is 22.6 Å². The number of aryl methyl sites for hydroxylation is 2. The van der Waals surface area contributed by atoms with Crippen molar-refractivity contribution in [1.82, 2.24) is 15.6 Å². The number of rotatable bonds is 5. The molecular formula is C25H29ClN4O2. The van der Waals surface area contributed by atoms with Gasteiger partial charge in [-0.05, 0) is 62.6 Å². The molecular weight excluding hydrogens is 424 g/mol. The summed E-state index contributed by atoms with van der Waals surface area (Å²) in [5.41, 5.74) is 5.05. The molecule has 168 valence electrons. The third-order valence-corrected chi connectivity index (χ3v) is 6.11. The van der Waals surface area contributed by atoms with E-state index in [2.05, 4.69) is 21.7 Å². The number of anilines is 1. The SMILES string of the molecule is CN[C@@H](C)C(=O)N[C@H]1CCc2ccccc2N(Cc2c(C)cnc3ccccc23)C1=O.Cl. The normalized spacial score (nSPS) is 16.7. The van der Waals surface area contributed by atoms with Crippen LogP contribution in [0.1, 0.15) is 30.0 Å². The summed E-state index contributed by atoms with van der Waals surface area (Å²) in [5, 5.41) is 6.94. The predicted molar refractivity (Wildman–Crippen MR) is 130 cm³/mol. The minimum atomic E-state index is -0.566. The van der Waals surface area contributed by atoms with Crippen LogP contribution in [0, 0.1) is 6.92 Å². The largest absolute Gasteiger partial charge is 0.343 e. The fraction of sp³-hybridized carbons (Fsp3) is 0.320. The second-order valence-corrected chi connectivity index (χ2v) is 8.10. The summed E-state index contributed by atoms with van der Waals surface area (Å²) in [6.07, 6.45) is 3.16. The fourth-order valence-electron chi connectivity index (χ4n) is 4.11. The lowest BCUT2D eigenvalue weighted by atomic mass is 10.0. The first-order valence-electron chi connectivity index (χ1n) is 10.7. The minimum absolute atomic E-state index is 0. The van der Waals surface area contributed by atoms with Gasteiger partial charge >= 0.3 is 0 Å². The van der Waals surface area contributed by atoms with Gasteiger partial charge in [-0.2, -0.15) is 0 Å². The zero-order valence-corrected chi connectivity index (χ0v) is 19.4. The Morgan fingerprint density at radius 2 is 1.91 bits per heavy atom. The Labute approximate surface area is 194 Å². The zero-order chi connectivity index (χ0) is 22.0. The van der Waals surface area contributed by atoms with Crippen LogP contribution in [0.2, 0.25) is 0 Å². The summed E-state index contributed by atoms with van der Waals surface area (Å²) in [4.78, 5) is 32.6. The van der Waals surface area contributed by atoms with E-state index in [1.807, 2.05) is 60.5 Å². The highest BCUT2D eigenvalue weighted by atomic mass is 35.5. The molecule has 0 saturated carbocycles. The summed E-state index contributed by atoms with van der Waals surface area (Å²) in [6.45, 7) is 4.24. The van der Waals surface area contributed by atoms with Crippen LogP contribution >= 0.6 is 12.4 Å². The average molecular weight is 453 g/mol. The Kier molecular flexibility index (Phi) is 7.48. The number of amides is 2. The summed E-state index contributed by atoms with van der Waals surface area (Å²) in [6, 6.07) is 15.1. The first-order chi connectivity index (χ1) is 15.0. The molecule has 0 saturated heterocycles. The Morgan fingerprint density at radius 3 is 2.69 bits per heavy atom. The highest BCUT2D eigenvalue weighted by Crippen LogP contribution is 2.31. The van der Waals surface area contributed by atoms with Crippen molar-refractivity contribution in [3.63, 3.8) is 0 Å². The molecule has 0 bridgehead atoms. The van der Waals surface area contributed by atoms with E-state index in [9.17, 15) is 9.59 Å². The number of hydrogen-bond acceptors (Lipinski definition) is 4. The van der Waals surface area contributed by atoms with Crippen molar-refractivity contribution in [3.8, 4) is 0 Å². The molecule has 2 amide bonds. The molecule has 6 nitrogen and oxygen atoms in total. The average Bonchev–Trinajstić information content (AvgIpc) is 2.92. The molecule has 4 rings (SSSR count). The maximum Gasteiger partial charge on any atom is 0.249 e. The highest BCUT2D eigenvalue weighted by molar-refractivity contribution is 6.01. The van der Waals surface area contributed by atoms with E-state index in [0.717, 1.165) is 39.7 Å². The van der Waals surface area contributed by atoms with Crippen LogP contribution < -0.4 is 15.5 Å². The summed E-state index contributed by atoms with van der Waals surface area (Å²) in [7, 11) is 1.73. The topological polar surface area (TPSA) is 74.3 Å². The van der Waals surface area contributed by atoms with Crippen molar-refractivity contribution in [3.05, 3.63) is 71.4 Å². The molecule has 1 aromatic heterocycles. The van der Waals surface area contributed by atoms with Crippen LogP contribution in [-0.4, -0.2) is 35.9 Å². The molecule has 3 aromatic rings. The van der Waals surface area contributed by atoms with Gasteiger partial charge in [-0.15, -0.1) is 12.4 Å². The van der Waals surface area contributed by atoms with Crippen molar-refractivity contribution < 1.29 is 9.59 Å². The van der Waals surface area contributed by atoms with Gasteiger partial charge in [0.2, 0.25) is 11.8 Å². The number of hydrogen-bond donors (Lipinski definition) is 2. The van der Waals surface area contributed by atoms with Crippen LogP contribution in [0.5, 0.6) is 0 Å². The van der Waals surface area contributed by atoms with Crippen LogP contribution in [0.4, 0.5) is 5.69 Å². The number of halogens is 1. The number of carbonyl (C=O) groups is 2. The summed E-state index contributed by atoms with van der Waals surface area (Å²) in [5.74, 6) is -0.251. The Balaban J connectivity index is 0.00000289. The van der Waals surface area contributed by atoms with E-state index in [0.29, 0.717) is 13.0 Å². The lowest BCUT2D eigenvalue weighted by Gasteiger charge is -2.28. The molecule has 0 radical (unpaired) electrons. The summed E-state index contributed by atoms with van der Waals surface area (Å²) >= 11 is 0. The van der Waals surface area contributed by atoms with Gasteiger partial charge in [0, 0.05) is 17.3 Å². The Bertz CT molecular complexity index is 1130. The number of likely N-dealkylation sites (N-methyl/N-ethyl adjacent to an activating group) is 1. The maximum atomic E-state index is 13.7. The molecule has 2 heterocycles. The zero-order valence-electron chi connectivity index (χ0n) is 18.6. The van der Waals surface area contributed by atoms with Crippen molar-refractivity contribution >= 4 is 40.8 Å². The smallest absolute Gasteiger partial charge is 0.249 e. The lowest BCUT2D eigenvalue weighted by molar-refractivity contribution is -0.128. The number of carbonyl (C=O) groups excluding carboxylic acids is 2. The quantitative estimate of drug-likeness (QED) is 0.621. The van der Waals surface area contributed by atoms with E-state index in [1.165, 1.54) is 0 Å². The monoisotopic (exact) mass is 452 g/mol. The van der Waals surface area contributed by atoms with Gasteiger partial charge in [0.05, 0.1) is 18.1 Å². The third-order valence-electron chi connectivity index (χ3n) is 6.11. The fourth-order valence-corrected chi connectivity index (χ4v) is 4.11. The molecule has 7 heteroatoms. The van der Waals surface area contributed by atoms with E-state index in [1.54, 1.807) is 14.0 Å². The van der Waals surface area contributed by atoms with E-state index < -0.39 is 6.04 Å². The van der Waals surface area contributed by atoms with Gasteiger partial charge in [0.25, 0.3) is 0 Å². The lowest BCUT2D eigenvalue weighted by Crippen LogP contribution is -2.52. The number of para-hydroxylation sites is 2. The number of nitrogens with zero attached hydrogens (tertiary/aromatic N) is 2. The van der Waals surface area contributed by atoms with Crippen molar-refractivity contribution in [2.24, 2.45) is 0 Å². The molecule has 32 heavy (non-hydrogen) atoms. The Hall–Kier alpha value is -2.96. The van der Waals surface area contributed by atoms with Crippen molar-refractivity contribution in [2.75, 3.05) is 11.9 Å². The number of aromatic nitrogens is 1. The van der Waals surface area contributed by atoms with Gasteiger partial charge < -0.3 is 15.5 Å². The molecule has 1 aliphatic rings. The molecule has 0 fully saturated rings.